The Kier molecular flexibility index (Phi) is 7.38. The number of hydrogen-bond acceptors (Lipinski definition) is 9. The van der Waals surface area contributed by atoms with Crippen molar-refractivity contribution in [1.82, 2.24) is 15.3 Å². The van der Waals surface area contributed by atoms with Gasteiger partial charge in [-0.3, -0.25) is 14.9 Å². The Hall–Kier alpha value is -3.51. The lowest BCUT2D eigenvalue weighted by Gasteiger charge is -2.12. The maximum Gasteiger partial charge on any atom is 0.340 e. The minimum atomic E-state index is -1.05. The molecule has 4 rings (SSSR count). The number of urea groups is 1. The highest BCUT2D eigenvalue weighted by Crippen LogP contribution is 2.39. The van der Waals surface area contributed by atoms with Crippen molar-refractivity contribution >= 4 is 62.8 Å². The number of nitrogens with one attached hydrogen (secondary N) is 2. The second kappa shape index (κ2) is 10.6. The van der Waals surface area contributed by atoms with Gasteiger partial charge in [0.2, 0.25) is 5.91 Å². The number of anilines is 1. The molecule has 0 saturated carbocycles. The normalized spacial score (nSPS) is 12.6. The van der Waals surface area contributed by atoms with Gasteiger partial charge in [-0.1, -0.05) is 23.9 Å². The number of aromatic nitrogens is 2. The van der Waals surface area contributed by atoms with E-state index in [-0.39, 0.29) is 22.9 Å². The summed E-state index contributed by atoms with van der Waals surface area (Å²) in [5.41, 5.74) is 6.46. The number of carbonyl (C=O) groups excluding carboxylic acids is 4. The van der Waals surface area contributed by atoms with Crippen LogP contribution in [0.3, 0.4) is 0 Å². The van der Waals surface area contributed by atoms with E-state index in [9.17, 15) is 19.2 Å². The van der Waals surface area contributed by atoms with Crippen molar-refractivity contribution in [2.75, 3.05) is 17.7 Å². The molecular weight excluding hydrogens is 478 g/mol. The number of imide groups is 1. The summed E-state index contributed by atoms with van der Waals surface area (Å²) >= 11 is 3.01. The molecule has 2 heterocycles. The highest BCUT2D eigenvalue weighted by Gasteiger charge is 2.21. The largest absolute Gasteiger partial charge is 0.452 e. The van der Waals surface area contributed by atoms with Gasteiger partial charge in [-0.2, -0.15) is 0 Å². The molecule has 34 heavy (non-hydrogen) atoms. The number of carbonyl (C=O) groups is 4. The van der Waals surface area contributed by atoms with Gasteiger partial charge in [-0.25, -0.2) is 19.6 Å². The minimum Gasteiger partial charge on any atom is -0.452 e. The number of ether oxygens (including phenoxy) is 1. The van der Waals surface area contributed by atoms with E-state index in [0.717, 1.165) is 34.5 Å². The summed E-state index contributed by atoms with van der Waals surface area (Å²) in [5.74, 6) is -1.93. The third-order valence-electron chi connectivity index (χ3n) is 5.07. The second-order valence-electron chi connectivity index (χ2n) is 7.44. The van der Waals surface area contributed by atoms with E-state index in [4.69, 9.17) is 10.5 Å². The van der Waals surface area contributed by atoms with E-state index in [2.05, 4.69) is 15.3 Å². The second-order valence-corrected chi connectivity index (χ2v) is 9.49. The molecule has 0 radical (unpaired) electrons. The number of rotatable bonds is 7. The van der Waals surface area contributed by atoms with Crippen LogP contribution in [0.1, 0.15) is 33.6 Å². The molecule has 0 unspecified atom stereocenters. The smallest absolute Gasteiger partial charge is 0.340 e. The van der Waals surface area contributed by atoms with Crippen LogP contribution in [0.5, 0.6) is 0 Å². The molecule has 0 saturated heterocycles. The van der Waals surface area contributed by atoms with Crippen molar-refractivity contribution in [3.05, 3.63) is 46.6 Å². The van der Waals surface area contributed by atoms with Crippen LogP contribution in [0, 0.1) is 0 Å². The van der Waals surface area contributed by atoms with Gasteiger partial charge >= 0.3 is 12.0 Å². The Morgan fingerprint density at radius 3 is 2.71 bits per heavy atom. The maximum atomic E-state index is 12.7. The number of esters is 1. The molecule has 176 valence electrons. The average molecular weight is 500 g/mol. The van der Waals surface area contributed by atoms with Gasteiger partial charge in [-0.05, 0) is 43.4 Å². The first-order valence-corrected chi connectivity index (χ1v) is 12.3. The third-order valence-corrected chi connectivity index (χ3v) is 7.26. The van der Waals surface area contributed by atoms with Gasteiger partial charge in [-0.15, -0.1) is 11.3 Å². The van der Waals surface area contributed by atoms with Crippen molar-refractivity contribution in [1.29, 1.82) is 0 Å². The fraction of sp³-hybridized carbons (Fsp3) is 0.273. The summed E-state index contributed by atoms with van der Waals surface area (Å²) in [5, 5.41) is 6.32. The Bertz CT molecular complexity index is 1280. The standard InChI is InChI=1S/C22H21N5O5S2/c23-22(31)27-16(28)9-32-21(30)12-5-1-3-7-14(12)26-17(29)10-33-19-18-13-6-2-4-8-15(13)34-20(18)25-11-24-19/h1,3,5,7,11H,2,4,6,8-10H2,(H,26,29)(H3,23,27,28,31). The summed E-state index contributed by atoms with van der Waals surface area (Å²) in [6.07, 6.45) is 5.88. The molecule has 0 spiro atoms. The number of thioether (sulfide) groups is 1. The highest BCUT2D eigenvalue weighted by atomic mass is 32.2. The molecule has 0 atom stereocenters. The van der Waals surface area contributed by atoms with Crippen molar-refractivity contribution in [3.8, 4) is 0 Å². The van der Waals surface area contributed by atoms with Crippen LogP contribution < -0.4 is 16.4 Å². The van der Waals surface area contributed by atoms with E-state index >= 15 is 0 Å². The average Bonchev–Trinajstić information content (AvgIpc) is 3.20. The molecule has 12 heteroatoms. The number of nitrogens with two attached hydrogens (primary N) is 1. The molecule has 0 fully saturated rings. The Balaban J connectivity index is 1.41. The zero-order chi connectivity index (χ0) is 24.1. The molecule has 1 aliphatic carbocycles. The SMILES string of the molecule is NC(=O)NC(=O)COC(=O)c1ccccc1NC(=O)CSc1ncnc2sc3c(c12)CCCC3. The van der Waals surface area contributed by atoms with Crippen LogP contribution in [0.15, 0.2) is 35.6 Å². The quantitative estimate of drug-likeness (QED) is 0.255. The number of hydrogen-bond donors (Lipinski definition) is 3. The first kappa shape index (κ1) is 23.6. The van der Waals surface area contributed by atoms with E-state index < -0.39 is 24.5 Å². The van der Waals surface area contributed by atoms with E-state index in [1.807, 2.05) is 0 Å². The number of thiophene rings is 1. The topological polar surface area (TPSA) is 153 Å². The van der Waals surface area contributed by atoms with E-state index in [1.165, 1.54) is 41.0 Å². The number of aryl methyl sites for hydroxylation is 2. The summed E-state index contributed by atoms with van der Waals surface area (Å²) in [6.45, 7) is -0.686. The van der Waals surface area contributed by atoms with Crippen LogP contribution in [0.4, 0.5) is 10.5 Å². The highest BCUT2D eigenvalue weighted by molar-refractivity contribution is 8.00. The van der Waals surface area contributed by atoms with Gasteiger partial charge in [0, 0.05) is 10.3 Å². The first-order valence-electron chi connectivity index (χ1n) is 10.5. The van der Waals surface area contributed by atoms with Gasteiger partial charge in [0.05, 0.1) is 17.0 Å². The maximum absolute atomic E-state index is 12.7. The molecule has 4 N–H and O–H groups in total. The van der Waals surface area contributed by atoms with Gasteiger partial charge < -0.3 is 15.8 Å². The molecule has 0 aliphatic heterocycles. The third kappa shape index (κ3) is 5.51. The summed E-state index contributed by atoms with van der Waals surface area (Å²) in [4.78, 5) is 58.3. The number of amides is 4. The molecule has 0 bridgehead atoms. The fourth-order valence-corrected chi connectivity index (χ4v) is 5.76. The molecule has 1 aromatic carbocycles. The lowest BCUT2D eigenvalue weighted by atomic mass is 9.97. The fourth-order valence-electron chi connectivity index (χ4n) is 3.64. The predicted octanol–water partition coefficient (Wildman–Crippen LogP) is 2.65. The van der Waals surface area contributed by atoms with Gasteiger partial charge in [0.1, 0.15) is 16.2 Å². The van der Waals surface area contributed by atoms with E-state index in [1.54, 1.807) is 34.9 Å². The summed E-state index contributed by atoms with van der Waals surface area (Å²) in [7, 11) is 0. The van der Waals surface area contributed by atoms with Crippen molar-refractivity contribution < 1.29 is 23.9 Å². The zero-order valence-electron chi connectivity index (χ0n) is 18.0. The lowest BCUT2D eigenvalue weighted by Crippen LogP contribution is -2.37. The molecular formula is C22H21N5O5S2. The van der Waals surface area contributed by atoms with Crippen LogP contribution >= 0.6 is 23.1 Å². The van der Waals surface area contributed by atoms with Crippen LogP contribution in [-0.4, -0.2) is 46.1 Å². The monoisotopic (exact) mass is 499 g/mol. The van der Waals surface area contributed by atoms with Gasteiger partial charge in [0.15, 0.2) is 6.61 Å². The Morgan fingerprint density at radius 1 is 1.09 bits per heavy atom. The van der Waals surface area contributed by atoms with Crippen LogP contribution in [0.2, 0.25) is 0 Å². The number of nitrogens with zero attached hydrogens (tertiary/aromatic N) is 2. The number of para-hydroxylation sites is 1. The Morgan fingerprint density at radius 2 is 1.88 bits per heavy atom. The van der Waals surface area contributed by atoms with Crippen molar-refractivity contribution in [3.63, 3.8) is 0 Å². The molecule has 3 aromatic rings. The lowest BCUT2D eigenvalue weighted by molar-refractivity contribution is -0.123. The van der Waals surface area contributed by atoms with Crippen LogP contribution in [0.25, 0.3) is 10.2 Å². The van der Waals surface area contributed by atoms with Crippen LogP contribution in [-0.2, 0) is 27.2 Å². The predicted molar refractivity (Wildman–Crippen MR) is 128 cm³/mol. The van der Waals surface area contributed by atoms with E-state index in [0.29, 0.717) is 0 Å². The van der Waals surface area contributed by atoms with Crippen molar-refractivity contribution in [2.45, 2.75) is 30.7 Å². The molecule has 10 nitrogen and oxygen atoms in total. The summed E-state index contributed by atoms with van der Waals surface area (Å²) in [6, 6.07) is 5.23. The first-order chi connectivity index (χ1) is 16.4. The summed E-state index contributed by atoms with van der Waals surface area (Å²) < 4.78 is 4.90. The van der Waals surface area contributed by atoms with Crippen molar-refractivity contribution in [2.24, 2.45) is 5.73 Å². The minimum absolute atomic E-state index is 0.0732. The zero-order valence-corrected chi connectivity index (χ0v) is 19.6. The Labute approximate surface area is 202 Å². The molecule has 4 amide bonds. The number of primary amides is 1. The molecule has 1 aliphatic rings. The van der Waals surface area contributed by atoms with Gasteiger partial charge in [0.25, 0.3) is 5.91 Å². The molecule has 2 aromatic heterocycles. The number of benzene rings is 1. The number of fused-ring (bicyclic) bond motifs is 3.